The van der Waals surface area contributed by atoms with Crippen molar-refractivity contribution in [2.75, 3.05) is 0 Å². The topological polar surface area (TPSA) is 54.4 Å². The molecule has 0 radical (unpaired) electrons. The SMILES string of the molecule is CCC(=CCC(=O)O)C(=O)c1ccccc1. The van der Waals surface area contributed by atoms with Crippen LogP contribution >= 0.6 is 0 Å². The van der Waals surface area contributed by atoms with Crippen LogP contribution in [0.15, 0.2) is 42.0 Å². The van der Waals surface area contributed by atoms with Crippen LogP contribution in [0.1, 0.15) is 30.1 Å². The van der Waals surface area contributed by atoms with E-state index < -0.39 is 5.97 Å². The lowest BCUT2D eigenvalue weighted by Crippen LogP contribution is -2.03. The number of ketones is 1. The minimum atomic E-state index is -0.924. The molecule has 3 nitrogen and oxygen atoms in total. The van der Waals surface area contributed by atoms with Crippen molar-refractivity contribution >= 4 is 11.8 Å². The normalized spacial score (nSPS) is 11.2. The highest BCUT2D eigenvalue weighted by Crippen LogP contribution is 2.12. The Labute approximate surface area is 94.4 Å². The minimum absolute atomic E-state index is 0.0932. The number of benzene rings is 1. The summed E-state index contributed by atoms with van der Waals surface area (Å²) in [5.41, 5.74) is 1.15. The van der Waals surface area contributed by atoms with E-state index in [2.05, 4.69) is 0 Å². The van der Waals surface area contributed by atoms with Gasteiger partial charge in [0.2, 0.25) is 0 Å². The zero-order valence-electron chi connectivity index (χ0n) is 9.14. The highest BCUT2D eigenvalue weighted by Gasteiger charge is 2.10. The molecule has 0 fully saturated rings. The Kier molecular flexibility index (Phi) is 4.45. The third-order valence-electron chi connectivity index (χ3n) is 2.23. The summed E-state index contributed by atoms with van der Waals surface area (Å²) in [6.07, 6.45) is 1.92. The van der Waals surface area contributed by atoms with E-state index in [1.807, 2.05) is 13.0 Å². The number of carbonyl (C=O) groups excluding carboxylic acids is 1. The second-order valence-corrected chi connectivity index (χ2v) is 3.38. The smallest absolute Gasteiger partial charge is 0.307 e. The van der Waals surface area contributed by atoms with E-state index in [9.17, 15) is 9.59 Å². The first-order valence-corrected chi connectivity index (χ1v) is 5.15. The van der Waals surface area contributed by atoms with E-state index in [-0.39, 0.29) is 12.2 Å². The van der Waals surface area contributed by atoms with Gasteiger partial charge in [-0.15, -0.1) is 0 Å². The van der Waals surface area contributed by atoms with Gasteiger partial charge < -0.3 is 5.11 Å². The summed E-state index contributed by atoms with van der Waals surface area (Å²) in [4.78, 5) is 22.4. The Hall–Kier alpha value is -1.90. The lowest BCUT2D eigenvalue weighted by atomic mass is 10.0. The van der Waals surface area contributed by atoms with Gasteiger partial charge in [0, 0.05) is 5.56 Å². The highest BCUT2D eigenvalue weighted by atomic mass is 16.4. The monoisotopic (exact) mass is 218 g/mol. The fourth-order valence-electron chi connectivity index (χ4n) is 1.38. The zero-order chi connectivity index (χ0) is 12.0. The second kappa shape index (κ2) is 5.85. The Morgan fingerprint density at radius 3 is 2.38 bits per heavy atom. The van der Waals surface area contributed by atoms with Crippen LogP contribution in [-0.2, 0) is 4.79 Å². The summed E-state index contributed by atoms with van der Waals surface area (Å²) in [5.74, 6) is -1.02. The maximum absolute atomic E-state index is 11.9. The number of Topliss-reactive ketones (excluding diaryl/α,β-unsaturated/α-hetero) is 1. The standard InChI is InChI=1S/C13H14O3/c1-2-10(8-9-12(14)15)13(16)11-6-4-3-5-7-11/h3-8H,2,9H2,1H3,(H,14,15). The van der Waals surface area contributed by atoms with Gasteiger partial charge in [-0.25, -0.2) is 0 Å². The molecule has 0 aliphatic carbocycles. The van der Waals surface area contributed by atoms with Gasteiger partial charge in [-0.05, 0) is 12.0 Å². The van der Waals surface area contributed by atoms with Crippen molar-refractivity contribution in [2.24, 2.45) is 0 Å². The minimum Gasteiger partial charge on any atom is -0.481 e. The van der Waals surface area contributed by atoms with Crippen LogP contribution in [-0.4, -0.2) is 16.9 Å². The van der Waals surface area contributed by atoms with Crippen LogP contribution in [0.4, 0.5) is 0 Å². The average Bonchev–Trinajstić information content (AvgIpc) is 2.30. The molecular weight excluding hydrogens is 204 g/mol. The Morgan fingerprint density at radius 2 is 1.88 bits per heavy atom. The predicted molar refractivity (Wildman–Crippen MR) is 61.4 cm³/mol. The molecule has 0 atom stereocenters. The van der Waals surface area contributed by atoms with Crippen molar-refractivity contribution in [3.8, 4) is 0 Å². The molecule has 0 aromatic heterocycles. The van der Waals surface area contributed by atoms with Crippen LogP contribution in [0.2, 0.25) is 0 Å². The van der Waals surface area contributed by atoms with Crippen LogP contribution in [0.25, 0.3) is 0 Å². The Balaban J connectivity index is 2.86. The summed E-state index contributed by atoms with van der Waals surface area (Å²) in [6, 6.07) is 8.87. The summed E-state index contributed by atoms with van der Waals surface area (Å²) < 4.78 is 0. The van der Waals surface area contributed by atoms with E-state index in [0.717, 1.165) is 0 Å². The molecule has 1 aromatic rings. The molecule has 1 rings (SSSR count). The summed E-state index contributed by atoms with van der Waals surface area (Å²) in [7, 11) is 0. The van der Waals surface area contributed by atoms with Crippen LogP contribution in [0.5, 0.6) is 0 Å². The van der Waals surface area contributed by atoms with Crippen molar-refractivity contribution in [1.82, 2.24) is 0 Å². The van der Waals surface area contributed by atoms with Crippen molar-refractivity contribution in [3.05, 3.63) is 47.5 Å². The van der Waals surface area contributed by atoms with Crippen LogP contribution in [0, 0.1) is 0 Å². The summed E-state index contributed by atoms with van der Waals surface area (Å²) in [5, 5.41) is 8.55. The third kappa shape index (κ3) is 3.35. The fraction of sp³-hybridized carbons (Fsp3) is 0.231. The molecule has 3 heteroatoms. The molecule has 0 saturated carbocycles. The quantitative estimate of drug-likeness (QED) is 0.610. The van der Waals surface area contributed by atoms with Crippen LogP contribution < -0.4 is 0 Å². The number of allylic oxidation sites excluding steroid dienone is 1. The largest absolute Gasteiger partial charge is 0.481 e. The van der Waals surface area contributed by atoms with E-state index in [4.69, 9.17) is 5.11 Å². The molecule has 0 spiro atoms. The van der Waals surface area contributed by atoms with Crippen molar-refractivity contribution in [3.63, 3.8) is 0 Å². The first-order chi connectivity index (χ1) is 7.65. The lowest BCUT2D eigenvalue weighted by molar-refractivity contribution is -0.136. The molecule has 0 amide bonds. The maximum atomic E-state index is 11.9. The maximum Gasteiger partial charge on any atom is 0.307 e. The van der Waals surface area contributed by atoms with Gasteiger partial charge in [-0.1, -0.05) is 43.3 Å². The van der Waals surface area contributed by atoms with Crippen molar-refractivity contribution in [2.45, 2.75) is 19.8 Å². The number of aliphatic carboxylic acids is 1. The Morgan fingerprint density at radius 1 is 1.25 bits per heavy atom. The number of carboxylic acids is 1. The zero-order valence-corrected chi connectivity index (χ0v) is 9.14. The molecule has 84 valence electrons. The van der Waals surface area contributed by atoms with Crippen molar-refractivity contribution in [1.29, 1.82) is 0 Å². The lowest BCUT2D eigenvalue weighted by Gasteiger charge is -2.03. The van der Waals surface area contributed by atoms with Gasteiger partial charge in [0.15, 0.2) is 5.78 Å². The molecule has 0 aliphatic heterocycles. The van der Waals surface area contributed by atoms with E-state index in [1.54, 1.807) is 24.3 Å². The molecule has 0 heterocycles. The molecule has 0 unspecified atom stereocenters. The van der Waals surface area contributed by atoms with Gasteiger partial charge in [0.1, 0.15) is 0 Å². The fourth-order valence-corrected chi connectivity index (χ4v) is 1.38. The van der Waals surface area contributed by atoms with Gasteiger partial charge in [-0.2, -0.15) is 0 Å². The number of carboxylic acid groups (broad SMARTS) is 1. The molecule has 1 N–H and O–H groups in total. The number of hydrogen-bond acceptors (Lipinski definition) is 2. The van der Waals surface area contributed by atoms with Crippen LogP contribution in [0.3, 0.4) is 0 Å². The summed E-state index contributed by atoms with van der Waals surface area (Å²) in [6.45, 7) is 1.84. The highest BCUT2D eigenvalue weighted by molar-refractivity contribution is 6.08. The Bertz CT molecular complexity index is 404. The molecule has 0 aliphatic rings. The second-order valence-electron chi connectivity index (χ2n) is 3.38. The molecule has 1 aromatic carbocycles. The first-order valence-electron chi connectivity index (χ1n) is 5.15. The average molecular weight is 218 g/mol. The third-order valence-corrected chi connectivity index (χ3v) is 2.23. The molecule has 0 saturated heterocycles. The van der Waals surface area contributed by atoms with E-state index in [1.165, 1.54) is 6.08 Å². The van der Waals surface area contributed by atoms with Gasteiger partial charge in [0.05, 0.1) is 6.42 Å². The summed E-state index contributed by atoms with van der Waals surface area (Å²) >= 11 is 0. The first kappa shape index (κ1) is 12.2. The van der Waals surface area contributed by atoms with E-state index >= 15 is 0 Å². The number of rotatable bonds is 5. The number of carbonyl (C=O) groups is 2. The van der Waals surface area contributed by atoms with Gasteiger partial charge in [-0.3, -0.25) is 9.59 Å². The molecule has 0 bridgehead atoms. The van der Waals surface area contributed by atoms with Gasteiger partial charge in [0.25, 0.3) is 0 Å². The number of hydrogen-bond donors (Lipinski definition) is 1. The van der Waals surface area contributed by atoms with E-state index in [0.29, 0.717) is 17.6 Å². The van der Waals surface area contributed by atoms with Crippen molar-refractivity contribution < 1.29 is 14.7 Å². The predicted octanol–water partition coefficient (Wildman–Crippen LogP) is 2.68. The molecule has 16 heavy (non-hydrogen) atoms. The van der Waals surface area contributed by atoms with Gasteiger partial charge >= 0.3 is 5.97 Å². The molecular formula is C13H14O3.